The summed E-state index contributed by atoms with van der Waals surface area (Å²) in [5.41, 5.74) is 4.47. The fourth-order valence-electron chi connectivity index (χ4n) is 2.02. The maximum Gasteiger partial charge on any atom is 0.226 e. The van der Waals surface area contributed by atoms with Gasteiger partial charge < -0.3 is 10.6 Å². The molecule has 0 unspecified atom stereocenters. The Kier molecular flexibility index (Phi) is 4.99. The molecule has 3 nitrogen and oxygen atoms in total. The molecule has 0 heterocycles. The predicted octanol–water partition coefficient (Wildman–Crippen LogP) is 3.91. The Morgan fingerprint density at radius 1 is 0.905 bits per heavy atom. The number of carbonyl (C=O) groups excluding carboxylic acids is 1. The smallest absolute Gasteiger partial charge is 0.226 e. The van der Waals surface area contributed by atoms with E-state index < -0.39 is 0 Å². The summed E-state index contributed by atoms with van der Waals surface area (Å²) in [5, 5.41) is 6.01. The average molecular weight is 282 g/mol. The van der Waals surface area contributed by atoms with Crippen LogP contribution >= 0.6 is 0 Å². The fraction of sp³-hybridized carbons (Fsp3) is 0.278. The van der Waals surface area contributed by atoms with Crippen LogP contribution in [0.2, 0.25) is 0 Å². The second-order valence-electron chi connectivity index (χ2n) is 5.46. The normalized spacial score (nSPS) is 10.5. The predicted molar refractivity (Wildman–Crippen MR) is 88.7 cm³/mol. The molecule has 110 valence electrons. The Labute approximate surface area is 126 Å². The summed E-state index contributed by atoms with van der Waals surface area (Å²) in [6, 6.07) is 16.4. The van der Waals surface area contributed by atoms with Gasteiger partial charge in [0.2, 0.25) is 5.91 Å². The maximum absolute atomic E-state index is 11.6. The highest BCUT2D eigenvalue weighted by Gasteiger charge is 2.06. The Bertz CT molecular complexity index is 586. The first-order valence-corrected chi connectivity index (χ1v) is 7.25. The first-order chi connectivity index (χ1) is 10.1. The molecule has 2 aromatic rings. The summed E-state index contributed by atoms with van der Waals surface area (Å²) in [6.07, 6.45) is 0.891. The molecule has 2 N–H and O–H groups in total. The largest absolute Gasteiger partial charge is 0.388 e. The number of amides is 1. The number of rotatable bonds is 5. The summed E-state index contributed by atoms with van der Waals surface area (Å²) < 4.78 is 0. The first-order valence-electron chi connectivity index (χ1n) is 7.25. The Morgan fingerprint density at radius 3 is 1.81 bits per heavy atom. The lowest BCUT2D eigenvalue weighted by Gasteiger charge is -2.09. The lowest BCUT2D eigenvalue weighted by atomic mass is 10.0. The van der Waals surface area contributed by atoms with E-state index in [0.717, 1.165) is 17.8 Å². The van der Waals surface area contributed by atoms with E-state index in [4.69, 9.17) is 0 Å². The van der Waals surface area contributed by atoms with Gasteiger partial charge in [0.15, 0.2) is 0 Å². The van der Waals surface area contributed by atoms with E-state index in [1.54, 1.807) is 0 Å². The molecule has 1 amide bonds. The van der Waals surface area contributed by atoms with Crippen LogP contribution in [0.25, 0.3) is 0 Å². The lowest BCUT2D eigenvalue weighted by Crippen LogP contribution is -2.17. The molecule has 0 aliphatic rings. The zero-order valence-electron chi connectivity index (χ0n) is 12.8. The molecule has 0 radical (unpaired) electrons. The molecule has 0 spiro atoms. The third-order valence-corrected chi connectivity index (χ3v) is 3.40. The van der Waals surface area contributed by atoms with Crippen LogP contribution in [0, 0.1) is 5.92 Å². The standard InChI is InChI=1S/C18H22N2O/c1-13(2)18(21)20-17-10-6-15(7-11-17)12-14-4-8-16(19-3)9-5-14/h4-11,13,19H,12H2,1-3H3,(H,20,21). The lowest BCUT2D eigenvalue weighted by molar-refractivity contribution is -0.118. The van der Waals surface area contributed by atoms with Crippen molar-refractivity contribution < 1.29 is 4.79 Å². The van der Waals surface area contributed by atoms with Crippen molar-refractivity contribution in [2.75, 3.05) is 17.7 Å². The summed E-state index contributed by atoms with van der Waals surface area (Å²) in [4.78, 5) is 11.6. The molecule has 0 atom stereocenters. The fourth-order valence-corrected chi connectivity index (χ4v) is 2.02. The van der Waals surface area contributed by atoms with E-state index >= 15 is 0 Å². The van der Waals surface area contributed by atoms with E-state index in [-0.39, 0.29) is 11.8 Å². The van der Waals surface area contributed by atoms with Crippen LogP contribution in [0.5, 0.6) is 0 Å². The van der Waals surface area contributed by atoms with Crippen molar-refractivity contribution in [2.45, 2.75) is 20.3 Å². The van der Waals surface area contributed by atoms with Crippen molar-refractivity contribution in [3.05, 3.63) is 59.7 Å². The average Bonchev–Trinajstić information content (AvgIpc) is 2.50. The quantitative estimate of drug-likeness (QED) is 0.873. The van der Waals surface area contributed by atoms with Crippen molar-refractivity contribution in [1.29, 1.82) is 0 Å². The van der Waals surface area contributed by atoms with Crippen LogP contribution in [0.3, 0.4) is 0 Å². The third-order valence-electron chi connectivity index (χ3n) is 3.40. The van der Waals surface area contributed by atoms with E-state index in [1.165, 1.54) is 11.1 Å². The van der Waals surface area contributed by atoms with Crippen molar-refractivity contribution >= 4 is 17.3 Å². The topological polar surface area (TPSA) is 41.1 Å². The molecule has 21 heavy (non-hydrogen) atoms. The summed E-state index contributed by atoms with van der Waals surface area (Å²) in [6.45, 7) is 3.77. The van der Waals surface area contributed by atoms with Crippen LogP contribution < -0.4 is 10.6 Å². The summed E-state index contributed by atoms with van der Waals surface area (Å²) in [5.74, 6) is 0.0424. The molecule has 0 aliphatic carbocycles. The van der Waals surface area contributed by atoms with Crippen molar-refractivity contribution in [2.24, 2.45) is 5.92 Å². The van der Waals surface area contributed by atoms with Gasteiger partial charge >= 0.3 is 0 Å². The highest BCUT2D eigenvalue weighted by Crippen LogP contribution is 2.16. The molecule has 2 rings (SSSR count). The number of nitrogens with one attached hydrogen (secondary N) is 2. The molecule has 2 aromatic carbocycles. The van der Waals surface area contributed by atoms with Crippen LogP contribution in [-0.2, 0) is 11.2 Å². The number of hydrogen-bond acceptors (Lipinski definition) is 2. The van der Waals surface area contributed by atoms with E-state index in [2.05, 4.69) is 47.0 Å². The first kappa shape index (κ1) is 15.1. The van der Waals surface area contributed by atoms with Crippen LogP contribution in [0.15, 0.2) is 48.5 Å². The van der Waals surface area contributed by atoms with Gasteiger partial charge in [-0.1, -0.05) is 38.1 Å². The minimum Gasteiger partial charge on any atom is -0.388 e. The highest BCUT2D eigenvalue weighted by atomic mass is 16.1. The maximum atomic E-state index is 11.6. The summed E-state index contributed by atoms with van der Waals surface area (Å²) >= 11 is 0. The van der Waals surface area contributed by atoms with Crippen molar-refractivity contribution in [3.63, 3.8) is 0 Å². The van der Waals surface area contributed by atoms with Crippen molar-refractivity contribution in [1.82, 2.24) is 0 Å². The van der Waals surface area contributed by atoms with Gasteiger partial charge in [0, 0.05) is 24.3 Å². The molecule has 0 bridgehead atoms. The van der Waals surface area contributed by atoms with Gasteiger partial charge in [0.25, 0.3) is 0 Å². The van der Waals surface area contributed by atoms with E-state index in [0.29, 0.717) is 0 Å². The van der Waals surface area contributed by atoms with Gasteiger partial charge in [-0.2, -0.15) is 0 Å². The number of anilines is 2. The molecule has 0 aliphatic heterocycles. The van der Waals surface area contributed by atoms with Gasteiger partial charge in [0.05, 0.1) is 0 Å². The summed E-state index contributed by atoms with van der Waals surface area (Å²) in [7, 11) is 1.92. The van der Waals surface area contributed by atoms with E-state index in [9.17, 15) is 4.79 Å². The van der Waals surface area contributed by atoms with Gasteiger partial charge in [-0.3, -0.25) is 4.79 Å². The molecule has 0 fully saturated rings. The third kappa shape index (κ3) is 4.35. The second-order valence-corrected chi connectivity index (χ2v) is 5.46. The Balaban J connectivity index is 2.00. The van der Waals surface area contributed by atoms with E-state index in [1.807, 2.05) is 33.0 Å². The van der Waals surface area contributed by atoms with Gasteiger partial charge in [0.1, 0.15) is 0 Å². The van der Waals surface area contributed by atoms with Crippen molar-refractivity contribution in [3.8, 4) is 0 Å². The zero-order valence-corrected chi connectivity index (χ0v) is 12.8. The zero-order chi connectivity index (χ0) is 15.2. The number of hydrogen-bond donors (Lipinski definition) is 2. The van der Waals surface area contributed by atoms with Gasteiger partial charge in [-0.15, -0.1) is 0 Å². The van der Waals surface area contributed by atoms with Gasteiger partial charge in [-0.25, -0.2) is 0 Å². The number of benzene rings is 2. The molecule has 3 heteroatoms. The minimum absolute atomic E-state index is 0.00429. The monoisotopic (exact) mass is 282 g/mol. The Morgan fingerprint density at radius 2 is 1.38 bits per heavy atom. The Hall–Kier alpha value is -2.29. The molecular weight excluding hydrogens is 260 g/mol. The molecule has 0 saturated carbocycles. The highest BCUT2D eigenvalue weighted by molar-refractivity contribution is 5.92. The van der Waals surface area contributed by atoms with Gasteiger partial charge in [-0.05, 0) is 41.8 Å². The second kappa shape index (κ2) is 6.93. The SMILES string of the molecule is CNc1ccc(Cc2ccc(NC(=O)C(C)C)cc2)cc1. The van der Waals surface area contributed by atoms with Crippen LogP contribution in [0.4, 0.5) is 11.4 Å². The molecular formula is C18H22N2O. The minimum atomic E-state index is -0.00429. The molecule has 0 aromatic heterocycles. The molecule has 0 saturated heterocycles. The van der Waals surface area contributed by atoms with Crippen LogP contribution in [-0.4, -0.2) is 13.0 Å². The van der Waals surface area contributed by atoms with Crippen LogP contribution in [0.1, 0.15) is 25.0 Å². The number of carbonyl (C=O) groups is 1.